The van der Waals surface area contributed by atoms with Gasteiger partial charge in [-0.1, -0.05) is 15.9 Å². The van der Waals surface area contributed by atoms with Crippen LogP contribution >= 0.6 is 15.9 Å². The van der Waals surface area contributed by atoms with Gasteiger partial charge in [0.25, 0.3) is 0 Å². The Hall–Kier alpha value is -0.580. The van der Waals surface area contributed by atoms with Crippen molar-refractivity contribution < 1.29 is 14.4 Å². The molecule has 100 valence electrons. The van der Waals surface area contributed by atoms with E-state index in [1.54, 1.807) is 4.90 Å². The average molecular weight is 315 g/mol. The van der Waals surface area contributed by atoms with Gasteiger partial charge in [0, 0.05) is 10.9 Å². The largest absolute Gasteiger partial charge is 0.493 e. The van der Waals surface area contributed by atoms with Crippen LogP contribution in [0.3, 0.4) is 0 Å². The molecule has 1 aliphatic rings. The number of morpholine rings is 1. The topological polar surface area (TPSA) is 22.9 Å². The summed E-state index contributed by atoms with van der Waals surface area (Å²) in [6.07, 6.45) is 1.10. The first-order valence-electron chi connectivity index (χ1n) is 6.56. The third-order valence-corrected chi connectivity index (χ3v) is 3.76. The Morgan fingerprint density at radius 2 is 2.11 bits per heavy atom. The Balaban J connectivity index is 1.68. The normalized spacial score (nSPS) is 16.8. The lowest BCUT2D eigenvalue weighted by molar-refractivity contribution is -0.908. The zero-order chi connectivity index (χ0) is 12.8. The molecule has 0 spiro atoms. The van der Waals surface area contributed by atoms with Crippen LogP contribution in [-0.2, 0) is 4.74 Å². The highest BCUT2D eigenvalue weighted by Crippen LogP contribution is 2.22. The summed E-state index contributed by atoms with van der Waals surface area (Å²) in [5.41, 5.74) is 1.18. The maximum absolute atomic E-state index is 5.82. The number of ether oxygens (including phenoxy) is 2. The minimum Gasteiger partial charge on any atom is -0.493 e. The smallest absolute Gasteiger partial charge is 0.122 e. The number of quaternary nitrogens is 1. The fraction of sp³-hybridized carbons (Fsp3) is 0.571. The van der Waals surface area contributed by atoms with Crippen molar-refractivity contribution in [2.45, 2.75) is 13.3 Å². The predicted octanol–water partition coefficient (Wildman–Crippen LogP) is 1.44. The maximum atomic E-state index is 5.82. The molecule has 1 N–H and O–H groups in total. The lowest BCUT2D eigenvalue weighted by Gasteiger charge is -2.23. The van der Waals surface area contributed by atoms with E-state index in [1.807, 2.05) is 12.1 Å². The summed E-state index contributed by atoms with van der Waals surface area (Å²) in [6.45, 7) is 8.14. The van der Waals surface area contributed by atoms with E-state index in [1.165, 1.54) is 12.1 Å². The van der Waals surface area contributed by atoms with Gasteiger partial charge >= 0.3 is 0 Å². The first-order valence-corrected chi connectivity index (χ1v) is 7.35. The van der Waals surface area contributed by atoms with E-state index in [2.05, 4.69) is 28.9 Å². The molecule has 1 aromatic rings. The molecule has 3 nitrogen and oxygen atoms in total. The second-order valence-corrected chi connectivity index (χ2v) is 5.64. The van der Waals surface area contributed by atoms with Crippen molar-refractivity contribution >= 4 is 15.9 Å². The molecule has 0 radical (unpaired) electrons. The molecule has 0 bridgehead atoms. The van der Waals surface area contributed by atoms with Gasteiger partial charge in [0.2, 0.25) is 0 Å². The summed E-state index contributed by atoms with van der Waals surface area (Å²) in [5, 5.41) is 0. The van der Waals surface area contributed by atoms with Gasteiger partial charge in [0.05, 0.1) is 26.4 Å². The lowest BCUT2D eigenvalue weighted by atomic mass is 10.2. The molecule has 0 saturated carbocycles. The standard InChI is InChI=1S/C14H20BrNO2/c1-12-11-13(15)3-4-14(12)18-8-2-5-16-6-9-17-10-7-16/h3-4,11H,2,5-10H2,1H3/p+1. The van der Waals surface area contributed by atoms with E-state index in [0.29, 0.717) is 0 Å². The zero-order valence-electron chi connectivity index (χ0n) is 10.9. The number of hydrogen-bond acceptors (Lipinski definition) is 2. The van der Waals surface area contributed by atoms with E-state index in [4.69, 9.17) is 9.47 Å². The van der Waals surface area contributed by atoms with Crippen molar-refractivity contribution in [2.75, 3.05) is 39.5 Å². The van der Waals surface area contributed by atoms with Gasteiger partial charge in [-0.3, -0.25) is 0 Å². The molecule has 1 saturated heterocycles. The minimum atomic E-state index is 0.798. The fourth-order valence-electron chi connectivity index (χ4n) is 2.19. The summed E-state index contributed by atoms with van der Waals surface area (Å²) in [6, 6.07) is 6.14. The summed E-state index contributed by atoms with van der Waals surface area (Å²) < 4.78 is 12.3. The highest BCUT2D eigenvalue weighted by atomic mass is 79.9. The predicted molar refractivity (Wildman–Crippen MR) is 75.4 cm³/mol. The summed E-state index contributed by atoms with van der Waals surface area (Å²) >= 11 is 3.46. The van der Waals surface area contributed by atoms with Gasteiger partial charge in [0.1, 0.15) is 18.8 Å². The second-order valence-electron chi connectivity index (χ2n) is 4.72. The Kier molecular flexibility index (Phi) is 5.47. The lowest BCUT2D eigenvalue weighted by Crippen LogP contribution is -3.14. The van der Waals surface area contributed by atoms with Gasteiger partial charge in [0.15, 0.2) is 0 Å². The molecular weight excluding hydrogens is 294 g/mol. The van der Waals surface area contributed by atoms with Crippen molar-refractivity contribution in [3.8, 4) is 5.75 Å². The van der Waals surface area contributed by atoms with E-state index in [0.717, 1.165) is 49.6 Å². The fourth-order valence-corrected chi connectivity index (χ4v) is 2.66. The molecule has 0 aromatic heterocycles. The average Bonchev–Trinajstić information content (AvgIpc) is 2.38. The van der Waals surface area contributed by atoms with Gasteiger partial charge in [-0.05, 0) is 30.7 Å². The molecule has 1 aliphatic heterocycles. The van der Waals surface area contributed by atoms with Crippen LogP contribution in [0.25, 0.3) is 0 Å². The van der Waals surface area contributed by atoms with Crippen molar-refractivity contribution in [3.05, 3.63) is 28.2 Å². The highest BCUT2D eigenvalue weighted by Gasteiger charge is 2.12. The van der Waals surface area contributed by atoms with Crippen molar-refractivity contribution in [1.82, 2.24) is 0 Å². The minimum absolute atomic E-state index is 0.798. The molecule has 0 aliphatic carbocycles. The van der Waals surface area contributed by atoms with Crippen LogP contribution in [0.2, 0.25) is 0 Å². The van der Waals surface area contributed by atoms with Gasteiger partial charge in [-0.15, -0.1) is 0 Å². The third-order valence-electron chi connectivity index (χ3n) is 3.27. The van der Waals surface area contributed by atoms with Crippen LogP contribution in [0.15, 0.2) is 22.7 Å². The Labute approximate surface area is 117 Å². The third kappa shape index (κ3) is 4.26. The molecule has 4 heteroatoms. The molecule has 1 fully saturated rings. The summed E-state index contributed by atoms with van der Waals surface area (Å²) in [5.74, 6) is 0.996. The Morgan fingerprint density at radius 1 is 1.33 bits per heavy atom. The highest BCUT2D eigenvalue weighted by molar-refractivity contribution is 9.10. The molecule has 18 heavy (non-hydrogen) atoms. The van der Waals surface area contributed by atoms with E-state index >= 15 is 0 Å². The molecule has 2 rings (SSSR count). The van der Waals surface area contributed by atoms with E-state index in [-0.39, 0.29) is 0 Å². The van der Waals surface area contributed by atoms with Gasteiger partial charge in [-0.2, -0.15) is 0 Å². The number of hydrogen-bond donors (Lipinski definition) is 1. The maximum Gasteiger partial charge on any atom is 0.122 e. The van der Waals surface area contributed by atoms with E-state index in [9.17, 15) is 0 Å². The number of aryl methyl sites for hydroxylation is 1. The number of rotatable bonds is 5. The van der Waals surface area contributed by atoms with Crippen LogP contribution < -0.4 is 9.64 Å². The van der Waals surface area contributed by atoms with Gasteiger partial charge < -0.3 is 14.4 Å². The molecule has 0 amide bonds. The first-order chi connectivity index (χ1) is 8.75. The number of benzene rings is 1. The Bertz CT molecular complexity index is 378. The zero-order valence-corrected chi connectivity index (χ0v) is 12.5. The quantitative estimate of drug-likeness (QED) is 0.831. The van der Waals surface area contributed by atoms with E-state index < -0.39 is 0 Å². The Morgan fingerprint density at radius 3 is 2.83 bits per heavy atom. The van der Waals surface area contributed by atoms with Crippen molar-refractivity contribution in [1.29, 1.82) is 0 Å². The summed E-state index contributed by atoms with van der Waals surface area (Å²) in [4.78, 5) is 1.64. The van der Waals surface area contributed by atoms with Crippen LogP contribution in [0, 0.1) is 6.92 Å². The monoisotopic (exact) mass is 314 g/mol. The number of halogens is 1. The van der Waals surface area contributed by atoms with Crippen molar-refractivity contribution in [2.24, 2.45) is 0 Å². The SMILES string of the molecule is Cc1cc(Br)ccc1OCCC[NH+]1CCOCC1. The second kappa shape index (κ2) is 7.12. The van der Waals surface area contributed by atoms with Crippen LogP contribution in [0.5, 0.6) is 5.75 Å². The molecule has 1 aromatic carbocycles. The molecular formula is C14H21BrNO2+. The first kappa shape index (κ1) is 13.8. The van der Waals surface area contributed by atoms with Gasteiger partial charge in [-0.25, -0.2) is 0 Å². The van der Waals surface area contributed by atoms with Crippen LogP contribution in [-0.4, -0.2) is 39.5 Å². The van der Waals surface area contributed by atoms with Crippen LogP contribution in [0.1, 0.15) is 12.0 Å². The molecule has 0 atom stereocenters. The number of nitrogens with one attached hydrogen (secondary N) is 1. The molecule has 0 unspecified atom stereocenters. The molecule has 1 heterocycles. The summed E-state index contributed by atoms with van der Waals surface area (Å²) in [7, 11) is 0. The van der Waals surface area contributed by atoms with Crippen LogP contribution in [0.4, 0.5) is 0 Å². The van der Waals surface area contributed by atoms with Crippen molar-refractivity contribution in [3.63, 3.8) is 0 Å².